The Hall–Kier alpha value is -3.36. The van der Waals surface area contributed by atoms with Crippen molar-refractivity contribution in [2.24, 2.45) is 4.99 Å². The van der Waals surface area contributed by atoms with Gasteiger partial charge >= 0.3 is 6.61 Å². The highest BCUT2D eigenvalue weighted by Crippen LogP contribution is 2.16. The molecule has 0 unspecified atom stereocenters. The van der Waals surface area contributed by atoms with Gasteiger partial charge in [-0.2, -0.15) is 8.78 Å². The van der Waals surface area contributed by atoms with Crippen LogP contribution in [0.25, 0.3) is 0 Å². The van der Waals surface area contributed by atoms with Crippen molar-refractivity contribution < 1.29 is 23.0 Å². The minimum atomic E-state index is -2.84. The fourth-order valence-electron chi connectivity index (χ4n) is 2.77. The molecule has 2 aromatic rings. The number of halogens is 2. The number of amides is 1. The van der Waals surface area contributed by atoms with E-state index in [0.717, 1.165) is 5.56 Å². The molecule has 0 saturated heterocycles. The lowest BCUT2D eigenvalue weighted by Gasteiger charge is -2.22. The van der Waals surface area contributed by atoms with E-state index in [-0.39, 0.29) is 11.7 Å². The van der Waals surface area contributed by atoms with Crippen molar-refractivity contribution in [3.8, 4) is 11.5 Å². The standard InChI is InChI=1S/C22H28F2N4O3/c1-4-25-22(28(2)15-16-5-9-19(10-6-16)31-21(23)24)27-14-13-26-20(29)17-7-11-18(30-3)12-8-17/h5-12,21H,4,13-15H2,1-3H3,(H,25,27)(H,26,29). The van der Waals surface area contributed by atoms with Gasteiger partial charge < -0.3 is 25.0 Å². The highest BCUT2D eigenvalue weighted by molar-refractivity contribution is 5.94. The molecule has 0 aliphatic carbocycles. The van der Waals surface area contributed by atoms with Gasteiger partial charge in [0.15, 0.2) is 5.96 Å². The van der Waals surface area contributed by atoms with Crippen LogP contribution in [0, 0.1) is 0 Å². The summed E-state index contributed by atoms with van der Waals surface area (Å²) in [4.78, 5) is 18.6. The van der Waals surface area contributed by atoms with E-state index in [2.05, 4.69) is 20.4 Å². The van der Waals surface area contributed by atoms with Gasteiger partial charge in [-0.1, -0.05) is 12.1 Å². The van der Waals surface area contributed by atoms with E-state index in [1.807, 2.05) is 18.9 Å². The number of nitrogens with one attached hydrogen (secondary N) is 2. The van der Waals surface area contributed by atoms with Crippen molar-refractivity contribution in [2.45, 2.75) is 20.1 Å². The predicted octanol–water partition coefficient (Wildman–Crippen LogP) is 3.12. The van der Waals surface area contributed by atoms with E-state index < -0.39 is 6.61 Å². The minimum Gasteiger partial charge on any atom is -0.497 e. The Kier molecular flexibility index (Phi) is 9.54. The second-order valence-electron chi connectivity index (χ2n) is 6.60. The lowest BCUT2D eigenvalue weighted by molar-refractivity contribution is -0.0498. The zero-order valence-corrected chi connectivity index (χ0v) is 17.9. The van der Waals surface area contributed by atoms with Crippen LogP contribution >= 0.6 is 0 Å². The van der Waals surface area contributed by atoms with Crippen molar-refractivity contribution in [1.29, 1.82) is 0 Å². The zero-order chi connectivity index (χ0) is 22.6. The number of carbonyl (C=O) groups is 1. The number of nitrogens with zero attached hydrogens (tertiary/aromatic N) is 2. The normalized spacial score (nSPS) is 11.2. The number of rotatable bonds is 10. The predicted molar refractivity (Wildman–Crippen MR) is 116 cm³/mol. The summed E-state index contributed by atoms with van der Waals surface area (Å²) in [6, 6.07) is 13.3. The van der Waals surface area contributed by atoms with Crippen molar-refractivity contribution in [1.82, 2.24) is 15.5 Å². The first-order valence-electron chi connectivity index (χ1n) is 9.88. The molecule has 0 radical (unpaired) electrons. The van der Waals surface area contributed by atoms with Crippen LogP contribution in [0.2, 0.25) is 0 Å². The molecular formula is C22H28F2N4O3. The van der Waals surface area contributed by atoms with Gasteiger partial charge in [-0.15, -0.1) is 0 Å². The molecule has 0 spiro atoms. The third-order valence-corrected chi connectivity index (χ3v) is 4.28. The Morgan fingerprint density at radius 2 is 1.71 bits per heavy atom. The van der Waals surface area contributed by atoms with Gasteiger partial charge in [-0.25, -0.2) is 0 Å². The maximum absolute atomic E-state index is 12.3. The molecule has 0 heterocycles. The SMILES string of the molecule is CCNC(=NCCNC(=O)c1ccc(OC)cc1)N(C)Cc1ccc(OC(F)F)cc1. The Morgan fingerprint density at radius 3 is 2.29 bits per heavy atom. The second-order valence-corrected chi connectivity index (χ2v) is 6.60. The number of alkyl halides is 2. The van der Waals surface area contributed by atoms with Crippen molar-refractivity contribution in [2.75, 3.05) is 33.8 Å². The molecule has 0 atom stereocenters. The van der Waals surface area contributed by atoms with E-state index in [0.29, 0.717) is 43.5 Å². The first-order valence-corrected chi connectivity index (χ1v) is 9.88. The molecule has 7 nitrogen and oxygen atoms in total. The monoisotopic (exact) mass is 434 g/mol. The van der Waals surface area contributed by atoms with E-state index in [1.54, 1.807) is 43.5 Å². The Labute approximate surface area is 181 Å². The fourth-order valence-corrected chi connectivity index (χ4v) is 2.77. The number of hydrogen-bond acceptors (Lipinski definition) is 4. The molecule has 1 amide bonds. The summed E-state index contributed by atoms with van der Waals surface area (Å²) in [6.07, 6.45) is 0. The summed E-state index contributed by atoms with van der Waals surface area (Å²) in [5.74, 6) is 1.31. The molecule has 168 valence electrons. The van der Waals surface area contributed by atoms with E-state index >= 15 is 0 Å². The molecule has 0 aliphatic rings. The van der Waals surface area contributed by atoms with Gasteiger partial charge in [0, 0.05) is 32.2 Å². The molecule has 2 N–H and O–H groups in total. The fraction of sp³-hybridized carbons (Fsp3) is 0.364. The van der Waals surface area contributed by atoms with Crippen molar-refractivity contribution in [3.05, 3.63) is 59.7 Å². The summed E-state index contributed by atoms with van der Waals surface area (Å²) in [5, 5.41) is 6.03. The third kappa shape index (κ3) is 8.12. The average molecular weight is 434 g/mol. The van der Waals surface area contributed by atoms with Gasteiger partial charge in [0.1, 0.15) is 11.5 Å². The van der Waals surface area contributed by atoms with Gasteiger partial charge in [0.05, 0.1) is 13.7 Å². The first kappa shape index (κ1) is 23.9. The zero-order valence-electron chi connectivity index (χ0n) is 17.9. The quantitative estimate of drug-likeness (QED) is 0.341. The van der Waals surface area contributed by atoms with E-state index in [9.17, 15) is 13.6 Å². The molecule has 2 aromatic carbocycles. The summed E-state index contributed by atoms with van der Waals surface area (Å²) < 4.78 is 34.0. The Bertz CT molecular complexity index is 843. The van der Waals surface area contributed by atoms with Crippen LogP contribution in [0.15, 0.2) is 53.5 Å². The van der Waals surface area contributed by atoms with Crippen LogP contribution in [0.1, 0.15) is 22.8 Å². The lowest BCUT2D eigenvalue weighted by Crippen LogP contribution is -2.39. The number of ether oxygens (including phenoxy) is 2. The van der Waals surface area contributed by atoms with E-state index in [4.69, 9.17) is 4.74 Å². The van der Waals surface area contributed by atoms with Gasteiger partial charge in [0.25, 0.3) is 5.91 Å². The molecule has 0 aromatic heterocycles. The summed E-state index contributed by atoms with van der Waals surface area (Å²) >= 11 is 0. The minimum absolute atomic E-state index is 0.120. The molecule has 9 heteroatoms. The number of carbonyl (C=O) groups excluding carboxylic acids is 1. The lowest BCUT2D eigenvalue weighted by atomic mass is 10.2. The smallest absolute Gasteiger partial charge is 0.387 e. The van der Waals surface area contributed by atoms with Crippen LogP contribution in [-0.4, -0.2) is 57.2 Å². The largest absolute Gasteiger partial charge is 0.497 e. The average Bonchev–Trinajstić information content (AvgIpc) is 2.76. The highest BCUT2D eigenvalue weighted by atomic mass is 19.3. The van der Waals surface area contributed by atoms with Gasteiger partial charge in [-0.3, -0.25) is 9.79 Å². The highest BCUT2D eigenvalue weighted by Gasteiger charge is 2.09. The van der Waals surface area contributed by atoms with Crippen LogP contribution in [0.5, 0.6) is 11.5 Å². The number of aliphatic imine (C=N–C) groups is 1. The second kappa shape index (κ2) is 12.4. The molecule has 2 rings (SSSR count). The first-order chi connectivity index (χ1) is 14.9. The molecular weight excluding hydrogens is 406 g/mol. The number of hydrogen-bond donors (Lipinski definition) is 2. The molecule has 31 heavy (non-hydrogen) atoms. The van der Waals surface area contributed by atoms with Crippen LogP contribution < -0.4 is 20.1 Å². The molecule has 0 bridgehead atoms. The van der Waals surface area contributed by atoms with Gasteiger partial charge in [-0.05, 0) is 48.9 Å². The molecule has 0 saturated carbocycles. The maximum atomic E-state index is 12.3. The molecule has 0 aliphatic heterocycles. The Morgan fingerprint density at radius 1 is 1.06 bits per heavy atom. The summed E-state index contributed by atoms with van der Waals surface area (Å²) in [5.41, 5.74) is 1.47. The van der Waals surface area contributed by atoms with Crippen LogP contribution in [0.3, 0.4) is 0 Å². The third-order valence-electron chi connectivity index (χ3n) is 4.28. The number of guanidine groups is 1. The topological polar surface area (TPSA) is 75.2 Å². The Balaban J connectivity index is 1.87. The van der Waals surface area contributed by atoms with Crippen molar-refractivity contribution >= 4 is 11.9 Å². The van der Waals surface area contributed by atoms with Crippen LogP contribution in [0.4, 0.5) is 8.78 Å². The summed E-state index contributed by atoms with van der Waals surface area (Å²) in [6.45, 7) is 1.11. The van der Waals surface area contributed by atoms with E-state index in [1.165, 1.54) is 12.1 Å². The van der Waals surface area contributed by atoms with Gasteiger partial charge in [0.2, 0.25) is 0 Å². The molecule has 0 fully saturated rings. The number of benzene rings is 2. The number of methoxy groups -OCH3 is 1. The van der Waals surface area contributed by atoms with Crippen LogP contribution in [-0.2, 0) is 6.54 Å². The maximum Gasteiger partial charge on any atom is 0.387 e. The van der Waals surface area contributed by atoms with Crippen molar-refractivity contribution in [3.63, 3.8) is 0 Å². The summed E-state index contributed by atoms with van der Waals surface area (Å²) in [7, 11) is 3.45.